The molecule has 3 N–H and O–H groups in total. The average Bonchev–Trinajstić information content (AvgIpc) is 2.95. The Balaban J connectivity index is 1.78. The number of aliphatic hydroxyl groups is 2. The van der Waals surface area contributed by atoms with Crippen molar-refractivity contribution in [2.24, 2.45) is 28.6 Å². The average molecular weight is 346 g/mol. The van der Waals surface area contributed by atoms with Gasteiger partial charge in [0.05, 0.1) is 17.6 Å². The molecule has 0 amide bonds. The number of ether oxygens (including phenoxy) is 1. The van der Waals surface area contributed by atoms with E-state index in [1.807, 2.05) is 0 Å². The highest BCUT2D eigenvalue weighted by Crippen LogP contribution is 2.77. The molecule has 0 radical (unpaired) electrons. The molecule has 4 aliphatic carbocycles. The largest absolute Gasteiger partial charge is 0.481 e. The van der Waals surface area contributed by atoms with Crippen LogP contribution in [0.25, 0.3) is 0 Å². The van der Waals surface area contributed by atoms with Crippen LogP contribution in [0.1, 0.15) is 32.6 Å². The third-order valence-electron chi connectivity index (χ3n) is 8.12. The van der Waals surface area contributed by atoms with E-state index in [-0.39, 0.29) is 5.92 Å². The summed E-state index contributed by atoms with van der Waals surface area (Å²) in [7, 11) is 0. The van der Waals surface area contributed by atoms with Crippen LogP contribution in [0.15, 0.2) is 24.3 Å². The second kappa shape index (κ2) is 4.01. The Labute approximate surface area is 145 Å². The van der Waals surface area contributed by atoms with Gasteiger partial charge in [-0.05, 0) is 49.7 Å². The molecule has 1 heterocycles. The summed E-state index contributed by atoms with van der Waals surface area (Å²) < 4.78 is 5.87. The number of fused-ring (bicyclic) bond motifs is 1. The van der Waals surface area contributed by atoms with Crippen LogP contribution in [-0.2, 0) is 14.3 Å². The van der Waals surface area contributed by atoms with Gasteiger partial charge in [-0.1, -0.05) is 12.7 Å². The Bertz CT molecular complexity index is 772. The zero-order valence-corrected chi connectivity index (χ0v) is 14.1. The molecule has 134 valence electrons. The number of carbonyl (C=O) groups is 2. The number of aliphatic carboxylic acids is 1. The first-order valence-corrected chi connectivity index (χ1v) is 8.86. The van der Waals surface area contributed by atoms with Gasteiger partial charge in [0.15, 0.2) is 0 Å². The quantitative estimate of drug-likeness (QED) is 0.484. The lowest BCUT2D eigenvalue weighted by molar-refractivity contribution is -0.163. The van der Waals surface area contributed by atoms with E-state index in [2.05, 4.69) is 6.58 Å². The Morgan fingerprint density at radius 2 is 2.16 bits per heavy atom. The number of hydrogen-bond donors (Lipinski definition) is 3. The molecule has 6 heteroatoms. The Hall–Kier alpha value is -1.66. The van der Waals surface area contributed by atoms with Gasteiger partial charge in [0, 0.05) is 11.8 Å². The van der Waals surface area contributed by atoms with Crippen LogP contribution in [-0.4, -0.2) is 44.6 Å². The third-order valence-corrected chi connectivity index (χ3v) is 8.12. The molecule has 4 fully saturated rings. The van der Waals surface area contributed by atoms with E-state index >= 15 is 0 Å². The number of carbonyl (C=O) groups excluding carboxylic acids is 1. The van der Waals surface area contributed by atoms with Crippen molar-refractivity contribution >= 4 is 11.9 Å². The van der Waals surface area contributed by atoms with Crippen LogP contribution in [0.5, 0.6) is 0 Å². The van der Waals surface area contributed by atoms with Gasteiger partial charge < -0.3 is 20.1 Å². The van der Waals surface area contributed by atoms with E-state index in [9.17, 15) is 24.9 Å². The van der Waals surface area contributed by atoms with Crippen LogP contribution >= 0.6 is 0 Å². The molecule has 3 saturated carbocycles. The maximum atomic E-state index is 12.7. The zero-order valence-electron chi connectivity index (χ0n) is 14.1. The van der Waals surface area contributed by atoms with Crippen LogP contribution in [0.2, 0.25) is 0 Å². The molecule has 0 aromatic heterocycles. The van der Waals surface area contributed by atoms with Gasteiger partial charge in [-0.15, -0.1) is 0 Å². The number of esters is 1. The fourth-order valence-electron chi connectivity index (χ4n) is 7.13. The summed E-state index contributed by atoms with van der Waals surface area (Å²) in [6.07, 6.45) is 4.11. The molecule has 0 aromatic rings. The lowest BCUT2D eigenvalue weighted by Crippen LogP contribution is -2.50. The zero-order chi connectivity index (χ0) is 18.0. The highest BCUT2D eigenvalue weighted by atomic mass is 16.6. The fourth-order valence-corrected chi connectivity index (χ4v) is 7.13. The maximum Gasteiger partial charge on any atom is 0.316 e. The molecule has 1 spiro atoms. The third kappa shape index (κ3) is 1.36. The van der Waals surface area contributed by atoms with E-state index in [0.717, 1.165) is 0 Å². The summed E-state index contributed by atoms with van der Waals surface area (Å²) in [4.78, 5) is 25.1. The molecule has 5 rings (SSSR count). The van der Waals surface area contributed by atoms with Crippen LogP contribution < -0.4 is 0 Å². The second-order valence-corrected chi connectivity index (χ2v) is 8.94. The molecule has 1 saturated heterocycles. The van der Waals surface area contributed by atoms with Gasteiger partial charge in [0.25, 0.3) is 0 Å². The highest BCUT2D eigenvalue weighted by Gasteiger charge is 2.83. The molecular formula is C19H22O6. The minimum Gasteiger partial charge on any atom is -0.481 e. The Morgan fingerprint density at radius 3 is 2.84 bits per heavy atom. The maximum absolute atomic E-state index is 12.7. The van der Waals surface area contributed by atoms with Crippen LogP contribution in [0.4, 0.5) is 0 Å². The smallest absolute Gasteiger partial charge is 0.316 e. The normalized spacial score (nSPS) is 58.0. The van der Waals surface area contributed by atoms with Crippen molar-refractivity contribution in [2.75, 3.05) is 0 Å². The van der Waals surface area contributed by atoms with E-state index in [1.54, 1.807) is 19.1 Å². The molecule has 1 aliphatic heterocycles. The van der Waals surface area contributed by atoms with Crippen molar-refractivity contribution in [1.82, 2.24) is 0 Å². The van der Waals surface area contributed by atoms with E-state index in [4.69, 9.17) is 4.74 Å². The van der Waals surface area contributed by atoms with Gasteiger partial charge in [-0.3, -0.25) is 9.59 Å². The summed E-state index contributed by atoms with van der Waals surface area (Å²) in [6, 6.07) is 0. The number of aliphatic hydroxyl groups excluding tert-OH is 1. The highest BCUT2D eigenvalue weighted by molar-refractivity contribution is 5.86. The molecule has 0 unspecified atom stereocenters. The Kier molecular flexibility index (Phi) is 2.50. The molecule has 8 atom stereocenters. The number of carboxylic acid groups (broad SMARTS) is 1. The van der Waals surface area contributed by atoms with Crippen molar-refractivity contribution in [3.63, 3.8) is 0 Å². The molecule has 4 bridgehead atoms. The molecular weight excluding hydrogens is 324 g/mol. The number of carboxylic acids is 1. The lowest BCUT2D eigenvalue weighted by Gasteiger charge is -2.44. The van der Waals surface area contributed by atoms with Gasteiger partial charge in [0.2, 0.25) is 0 Å². The van der Waals surface area contributed by atoms with Crippen molar-refractivity contribution in [2.45, 2.75) is 49.9 Å². The minimum absolute atomic E-state index is 0.180. The fraction of sp³-hybridized carbons (Fsp3) is 0.684. The summed E-state index contributed by atoms with van der Waals surface area (Å²) in [5, 5.41) is 31.6. The summed E-state index contributed by atoms with van der Waals surface area (Å²) in [5.74, 6) is -3.18. The van der Waals surface area contributed by atoms with E-state index < -0.39 is 51.9 Å². The standard InChI is InChI=1S/C19H22O6/c1-9-7-17-8-18(9,24)5-3-10(17)19-6-4-11(20)16(2,15(23)25-19)13(19)12(17)14(21)22/h4,6,10-13,20,24H,1,3,5,7-8H2,2H3,(H,21,22)/t10-,11+,12+,13+,16+,17+,18+,19+/m0/s1. The predicted octanol–water partition coefficient (Wildman–Crippen LogP) is 1.03. The van der Waals surface area contributed by atoms with E-state index in [1.165, 1.54) is 0 Å². The number of rotatable bonds is 1. The first kappa shape index (κ1) is 15.6. The minimum atomic E-state index is -1.27. The van der Waals surface area contributed by atoms with Gasteiger partial charge >= 0.3 is 11.9 Å². The van der Waals surface area contributed by atoms with E-state index in [0.29, 0.717) is 31.3 Å². The van der Waals surface area contributed by atoms with Crippen molar-refractivity contribution in [1.29, 1.82) is 0 Å². The molecule has 0 aromatic carbocycles. The summed E-state index contributed by atoms with van der Waals surface area (Å²) >= 11 is 0. The first-order valence-electron chi connectivity index (χ1n) is 8.86. The van der Waals surface area contributed by atoms with Gasteiger partial charge in [-0.2, -0.15) is 0 Å². The SMILES string of the molecule is C=C1C[C@@]23C[C@]1(O)CC[C@@H]2[C@@]12C=C[C@@H](O)[C@@](C)(C(=O)O1)[C@H]2[C@@H]3C(=O)O. The monoisotopic (exact) mass is 346 g/mol. The Morgan fingerprint density at radius 1 is 1.44 bits per heavy atom. The van der Waals surface area contributed by atoms with Gasteiger partial charge in [0.1, 0.15) is 11.0 Å². The first-order chi connectivity index (χ1) is 11.6. The lowest BCUT2D eigenvalue weighted by atomic mass is 9.61. The predicted molar refractivity (Wildman–Crippen MR) is 85.2 cm³/mol. The topological polar surface area (TPSA) is 104 Å². The summed E-state index contributed by atoms with van der Waals surface area (Å²) in [5.41, 5.74) is -3.29. The van der Waals surface area contributed by atoms with Gasteiger partial charge in [-0.25, -0.2) is 0 Å². The van der Waals surface area contributed by atoms with Crippen LogP contribution in [0.3, 0.4) is 0 Å². The van der Waals surface area contributed by atoms with Crippen molar-refractivity contribution in [3.8, 4) is 0 Å². The molecule has 5 aliphatic rings. The van der Waals surface area contributed by atoms with Crippen molar-refractivity contribution < 1.29 is 29.6 Å². The molecule has 25 heavy (non-hydrogen) atoms. The number of hydrogen-bond acceptors (Lipinski definition) is 5. The van der Waals surface area contributed by atoms with Crippen molar-refractivity contribution in [3.05, 3.63) is 24.3 Å². The summed E-state index contributed by atoms with van der Waals surface area (Å²) in [6.45, 7) is 5.64. The molecule has 6 nitrogen and oxygen atoms in total. The second-order valence-electron chi connectivity index (χ2n) is 8.94. The van der Waals surface area contributed by atoms with Crippen LogP contribution in [0, 0.1) is 28.6 Å².